The fourth-order valence-corrected chi connectivity index (χ4v) is 3.58. The molecule has 0 atom stereocenters. The second-order valence-electron chi connectivity index (χ2n) is 6.81. The monoisotopic (exact) mass is 360 g/mol. The summed E-state index contributed by atoms with van der Waals surface area (Å²) in [5.74, 6) is -0.338. The molecule has 0 saturated carbocycles. The van der Waals surface area contributed by atoms with Crippen molar-refractivity contribution in [3.05, 3.63) is 65.2 Å². The average Bonchev–Trinajstić information content (AvgIpc) is 2.55. The molecule has 2 rings (SSSR count). The summed E-state index contributed by atoms with van der Waals surface area (Å²) in [6.07, 6.45) is 0. The van der Waals surface area contributed by atoms with Crippen LogP contribution in [0.25, 0.3) is 0 Å². The summed E-state index contributed by atoms with van der Waals surface area (Å²) in [6, 6.07) is 13.4. The molecular formula is C19H24N2O3S. The molecule has 0 aliphatic heterocycles. The number of rotatable bonds is 6. The first-order valence-electron chi connectivity index (χ1n) is 8.04. The second kappa shape index (κ2) is 7.37. The van der Waals surface area contributed by atoms with Gasteiger partial charge in [0.1, 0.15) is 0 Å². The van der Waals surface area contributed by atoms with Crippen molar-refractivity contribution in [2.24, 2.45) is 5.73 Å². The lowest BCUT2D eigenvalue weighted by atomic mass is 10.0. The zero-order chi connectivity index (χ0) is 18.7. The highest BCUT2D eigenvalue weighted by Gasteiger charge is 2.20. The number of amides is 1. The molecule has 0 aliphatic rings. The Bertz CT molecular complexity index is 839. The van der Waals surface area contributed by atoms with Crippen molar-refractivity contribution in [2.45, 2.75) is 37.0 Å². The van der Waals surface area contributed by atoms with Crippen LogP contribution in [0.1, 0.15) is 35.3 Å². The first-order chi connectivity index (χ1) is 11.6. The molecule has 2 aromatic carbocycles. The summed E-state index contributed by atoms with van der Waals surface area (Å²) in [5, 5.41) is 2.84. The average molecular weight is 360 g/mol. The summed E-state index contributed by atoms with van der Waals surface area (Å²) in [5.41, 5.74) is 7.23. The van der Waals surface area contributed by atoms with Crippen molar-refractivity contribution in [2.75, 3.05) is 6.54 Å². The molecule has 1 amide bonds. The van der Waals surface area contributed by atoms with Crippen LogP contribution in [0.2, 0.25) is 0 Å². The molecular weight excluding hydrogens is 336 g/mol. The van der Waals surface area contributed by atoms with E-state index in [1.807, 2.05) is 20.8 Å². The van der Waals surface area contributed by atoms with Gasteiger partial charge in [0.25, 0.3) is 5.91 Å². The van der Waals surface area contributed by atoms with Crippen LogP contribution in [0.4, 0.5) is 0 Å². The van der Waals surface area contributed by atoms with Gasteiger partial charge in [-0.05, 0) is 50.6 Å². The van der Waals surface area contributed by atoms with E-state index in [1.165, 1.54) is 0 Å². The van der Waals surface area contributed by atoms with Gasteiger partial charge in [0.2, 0.25) is 0 Å². The van der Waals surface area contributed by atoms with Crippen LogP contribution in [0.15, 0.2) is 53.4 Å². The van der Waals surface area contributed by atoms with Crippen LogP contribution >= 0.6 is 0 Å². The van der Waals surface area contributed by atoms with Gasteiger partial charge in [-0.2, -0.15) is 0 Å². The number of nitrogens with one attached hydrogen (secondary N) is 1. The summed E-state index contributed by atoms with van der Waals surface area (Å²) in [7, 11) is -3.41. The number of sulfone groups is 1. The normalized spacial score (nSPS) is 12.0. The zero-order valence-corrected chi connectivity index (χ0v) is 15.6. The van der Waals surface area contributed by atoms with Crippen LogP contribution in [-0.4, -0.2) is 26.4 Å². The highest BCUT2D eigenvalue weighted by atomic mass is 32.2. The smallest absolute Gasteiger partial charge is 0.251 e. The SMILES string of the molecule is Cc1ccc(S(=O)(=O)Cc2ccc(C(=O)NC(C)(C)CN)cc2)cc1. The van der Waals surface area contributed by atoms with Crippen LogP contribution in [-0.2, 0) is 15.6 Å². The second-order valence-corrected chi connectivity index (χ2v) is 8.80. The highest BCUT2D eigenvalue weighted by molar-refractivity contribution is 7.90. The van der Waals surface area contributed by atoms with Crippen LogP contribution in [0, 0.1) is 6.92 Å². The first kappa shape index (κ1) is 19.1. The number of carbonyl (C=O) groups excluding carboxylic acids is 1. The lowest BCUT2D eigenvalue weighted by Crippen LogP contribution is -2.48. The minimum atomic E-state index is -3.41. The molecule has 6 heteroatoms. The fourth-order valence-electron chi connectivity index (χ4n) is 2.23. The minimum Gasteiger partial charge on any atom is -0.346 e. The number of carbonyl (C=O) groups is 1. The van der Waals surface area contributed by atoms with Gasteiger partial charge in [0.05, 0.1) is 10.6 Å². The Balaban J connectivity index is 2.12. The molecule has 25 heavy (non-hydrogen) atoms. The molecule has 0 radical (unpaired) electrons. The largest absolute Gasteiger partial charge is 0.346 e. The topological polar surface area (TPSA) is 89.3 Å². The molecule has 2 aromatic rings. The van der Waals surface area contributed by atoms with E-state index in [1.54, 1.807) is 48.5 Å². The van der Waals surface area contributed by atoms with E-state index in [4.69, 9.17) is 5.73 Å². The number of nitrogens with two attached hydrogens (primary N) is 1. The zero-order valence-electron chi connectivity index (χ0n) is 14.7. The molecule has 0 fully saturated rings. The molecule has 0 saturated heterocycles. The van der Waals surface area contributed by atoms with Gasteiger partial charge in [0.15, 0.2) is 9.84 Å². The number of hydrogen-bond acceptors (Lipinski definition) is 4. The third-order valence-corrected chi connectivity index (χ3v) is 5.62. The predicted octanol–water partition coefficient (Wildman–Crippen LogP) is 2.44. The Labute approximate surface area is 149 Å². The third kappa shape index (κ3) is 5.14. The van der Waals surface area contributed by atoms with Gasteiger partial charge in [-0.3, -0.25) is 4.79 Å². The van der Waals surface area contributed by atoms with Gasteiger partial charge in [-0.1, -0.05) is 29.8 Å². The lowest BCUT2D eigenvalue weighted by Gasteiger charge is -2.24. The number of aryl methyl sites for hydroxylation is 1. The molecule has 0 aromatic heterocycles. The van der Waals surface area contributed by atoms with Gasteiger partial charge in [0, 0.05) is 17.6 Å². The standard InChI is InChI=1S/C19H24N2O3S/c1-14-4-10-17(11-5-14)25(23,24)12-15-6-8-16(9-7-15)18(22)21-19(2,3)13-20/h4-11H,12-13,20H2,1-3H3,(H,21,22). The fraction of sp³-hybridized carbons (Fsp3) is 0.316. The number of hydrogen-bond donors (Lipinski definition) is 2. The van der Waals surface area contributed by atoms with Crippen molar-refractivity contribution in [1.82, 2.24) is 5.32 Å². The highest BCUT2D eigenvalue weighted by Crippen LogP contribution is 2.17. The van der Waals surface area contributed by atoms with Crippen LogP contribution in [0.3, 0.4) is 0 Å². The van der Waals surface area contributed by atoms with Crippen LogP contribution < -0.4 is 11.1 Å². The quantitative estimate of drug-likeness (QED) is 0.828. The Hall–Kier alpha value is -2.18. The van der Waals surface area contributed by atoms with Gasteiger partial charge < -0.3 is 11.1 Å². The summed E-state index contributed by atoms with van der Waals surface area (Å²) >= 11 is 0. The van der Waals surface area contributed by atoms with Crippen molar-refractivity contribution in [3.8, 4) is 0 Å². The Morgan fingerprint density at radius 3 is 2.12 bits per heavy atom. The number of benzene rings is 2. The summed E-state index contributed by atoms with van der Waals surface area (Å²) < 4.78 is 24.9. The Morgan fingerprint density at radius 1 is 1.04 bits per heavy atom. The van der Waals surface area contributed by atoms with Crippen molar-refractivity contribution >= 4 is 15.7 Å². The van der Waals surface area contributed by atoms with Crippen LogP contribution in [0.5, 0.6) is 0 Å². The van der Waals surface area contributed by atoms with E-state index >= 15 is 0 Å². The Kier molecular flexibility index (Phi) is 5.65. The molecule has 5 nitrogen and oxygen atoms in total. The van der Waals surface area contributed by atoms with E-state index in [0.717, 1.165) is 5.56 Å². The molecule has 3 N–H and O–H groups in total. The van der Waals surface area contributed by atoms with E-state index in [2.05, 4.69) is 5.32 Å². The maximum atomic E-state index is 12.5. The van der Waals surface area contributed by atoms with Gasteiger partial charge in [-0.25, -0.2) is 8.42 Å². The van der Waals surface area contributed by atoms with E-state index in [9.17, 15) is 13.2 Å². The Morgan fingerprint density at radius 2 is 1.60 bits per heavy atom. The molecule has 134 valence electrons. The molecule has 0 bridgehead atoms. The van der Waals surface area contributed by atoms with E-state index in [0.29, 0.717) is 22.6 Å². The summed E-state index contributed by atoms with van der Waals surface area (Å²) in [6.45, 7) is 5.92. The lowest BCUT2D eigenvalue weighted by molar-refractivity contribution is 0.0915. The van der Waals surface area contributed by atoms with Gasteiger partial charge in [-0.15, -0.1) is 0 Å². The summed E-state index contributed by atoms with van der Waals surface area (Å²) in [4.78, 5) is 12.5. The van der Waals surface area contributed by atoms with E-state index < -0.39 is 15.4 Å². The van der Waals surface area contributed by atoms with Crippen molar-refractivity contribution < 1.29 is 13.2 Å². The van der Waals surface area contributed by atoms with Gasteiger partial charge >= 0.3 is 0 Å². The van der Waals surface area contributed by atoms with E-state index in [-0.39, 0.29) is 11.7 Å². The molecule has 0 unspecified atom stereocenters. The predicted molar refractivity (Wildman–Crippen MR) is 99.1 cm³/mol. The first-order valence-corrected chi connectivity index (χ1v) is 9.69. The minimum absolute atomic E-state index is 0.105. The van der Waals surface area contributed by atoms with Crippen molar-refractivity contribution in [1.29, 1.82) is 0 Å². The molecule has 0 spiro atoms. The maximum absolute atomic E-state index is 12.5. The third-order valence-electron chi connectivity index (χ3n) is 3.92. The maximum Gasteiger partial charge on any atom is 0.251 e. The van der Waals surface area contributed by atoms with Crippen molar-refractivity contribution in [3.63, 3.8) is 0 Å². The molecule has 0 heterocycles. The molecule has 0 aliphatic carbocycles.